The summed E-state index contributed by atoms with van der Waals surface area (Å²) in [7, 11) is -1.55. The second-order valence-corrected chi connectivity index (χ2v) is 8.75. The third kappa shape index (κ3) is 3.86. The average Bonchev–Trinajstić information content (AvgIpc) is 2.19. The Morgan fingerprint density at radius 1 is 1.29 bits per heavy atom. The minimum Gasteiger partial charge on any atom is -0.408 e. The van der Waals surface area contributed by atoms with Crippen LogP contribution in [-0.4, -0.2) is 13.6 Å². The van der Waals surface area contributed by atoms with Crippen molar-refractivity contribution in [2.24, 2.45) is 0 Å². The van der Waals surface area contributed by atoms with E-state index < -0.39 is 8.07 Å². The van der Waals surface area contributed by atoms with E-state index in [0.717, 1.165) is 5.75 Å². The van der Waals surface area contributed by atoms with Crippen LogP contribution in [0.1, 0.15) is 0 Å². The highest BCUT2D eigenvalue weighted by molar-refractivity contribution is 6.89. The van der Waals surface area contributed by atoms with Crippen LogP contribution in [0.25, 0.3) is 0 Å². The number of rotatable bonds is 2. The summed E-state index contributed by atoms with van der Waals surface area (Å²) in [6.07, 6.45) is 2.72. The Morgan fingerprint density at radius 3 is 2.50 bits per heavy atom. The van der Waals surface area contributed by atoms with Crippen LogP contribution in [0.5, 0.6) is 5.75 Å². The molecule has 0 saturated heterocycles. The maximum absolute atomic E-state index is 5.78. The summed E-state index contributed by atoms with van der Waals surface area (Å²) in [6, 6.07) is 9.54. The highest BCUT2D eigenvalue weighted by Crippen LogP contribution is 2.07. The SMILES string of the molecule is C[Si](C)(C#COc1ccccc1)CCl. The van der Waals surface area contributed by atoms with Gasteiger partial charge in [-0.25, -0.2) is 0 Å². The van der Waals surface area contributed by atoms with Gasteiger partial charge in [-0.1, -0.05) is 36.8 Å². The van der Waals surface area contributed by atoms with Crippen LogP contribution in [0.2, 0.25) is 13.1 Å². The lowest BCUT2D eigenvalue weighted by atomic mass is 10.3. The molecule has 0 radical (unpaired) electrons. The molecule has 0 bridgehead atoms. The molecular formula is C11H13ClOSi. The van der Waals surface area contributed by atoms with Crippen LogP contribution < -0.4 is 4.74 Å². The number of hydrogen-bond acceptors (Lipinski definition) is 1. The molecule has 0 atom stereocenters. The van der Waals surface area contributed by atoms with Gasteiger partial charge in [-0.05, 0) is 12.1 Å². The van der Waals surface area contributed by atoms with Gasteiger partial charge in [0, 0.05) is 5.50 Å². The second kappa shape index (κ2) is 5.09. The van der Waals surface area contributed by atoms with Crippen LogP contribution in [0.3, 0.4) is 0 Å². The van der Waals surface area contributed by atoms with Gasteiger partial charge in [0.15, 0.2) is 8.07 Å². The molecule has 0 aliphatic carbocycles. The van der Waals surface area contributed by atoms with Crippen molar-refractivity contribution in [3.8, 4) is 17.4 Å². The molecule has 0 spiro atoms. The van der Waals surface area contributed by atoms with Crippen LogP contribution in [-0.2, 0) is 0 Å². The summed E-state index contributed by atoms with van der Waals surface area (Å²) in [4.78, 5) is 0. The first kappa shape index (κ1) is 11.2. The van der Waals surface area contributed by atoms with Gasteiger partial charge in [-0.2, -0.15) is 0 Å². The number of benzene rings is 1. The van der Waals surface area contributed by atoms with Gasteiger partial charge in [0.2, 0.25) is 0 Å². The van der Waals surface area contributed by atoms with Crippen LogP contribution in [0.4, 0.5) is 0 Å². The molecule has 0 heterocycles. The van der Waals surface area contributed by atoms with E-state index >= 15 is 0 Å². The van der Waals surface area contributed by atoms with Crippen molar-refractivity contribution < 1.29 is 4.74 Å². The Bertz CT molecular complexity index is 337. The summed E-state index contributed by atoms with van der Waals surface area (Å²) in [5.74, 6) is 0.777. The Kier molecular flexibility index (Phi) is 4.06. The number of alkyl halides is 1. The molecule has 1 aromatic rings. The Morgan fingerprint density at radius 2 is 1.93 bits per heavy atom. The van der Waals surface area contributed by atoms with Crippen molar-refractivity contribution in [3.05, 3.63) is 30.3 Å². The molecule has 1 rings (SSSR count). The zero-order chi connectivity index (χ0) is 10.4. The van der Waals surface area contributed by atoms with Gasteiger partial charge >= 0.3 is 0 Å². The lowest BCUT2D eigenvalue weighted by Crippen LogP contribution is -2.26. The standard InChI is InChI=1S/C11H13ClOSi/c1-14(2,10-12)9-8-13-11-6-4-3-5-7-11/h3-7H,10H2,1-2H3. The van der Waals surface area contributed by atoms with Crippen LogP contribution in [0, 0.1) is 11.7 Å². The average molecular weight is 225 g/mol. The van der Waals surface area contributed by atoms with Gasteiger partial charge in [-0.3, -0.25) is 0 Å². The lowest BCUT2D eigenvalue weighted by molar-refractivity contribution is 0.520. The van der Waals surface area contributed by atoms with E-state index in [1.54, 1.807) is 0 Å². The number of ether oxygens (including phenoxy) is 1. The predicted molar refractivity (Wildman–Crippen MR) is 63.0 cm³/mol. The van der Waals surface area contributed by atoms with Crippen molar-refractivity contribution in [1.82, 2.24) is 0 Å². The normalized spacial score (nSPS) is 10.2. The van der Waals surface area contributed by atoms with E-state index in [-0.39, 0.29) is 0 Å². The summed E-state index contributed by atoms with van der Waals surface area (Å²) < 4.78 is 5.26. The fourth-order valence-corrected chi connectivity index (χ4v) is 1.34. The highest BCUT2D eigenvalue weighted by atomic mass is 35.5. The summed E-state index contributed by atoms with van der Waals surface area (Å²) >= 11 is 5.78. The van der Waals surface area contributed by atoms with E-state index in [2.05, 4.69) is 24.7 Å². The topological polar surface area (TPSA) is 9.23 Å². The molecule has 0 aromatic heterocycles. The Labute approximate surface area is 91.1 Å². The molecular weight excluding hydrogens is 212 g/mol. The third-order valence-corrected chi connectivity index (χ3v) is 5.09. The molecule has 74 valence electrons. The molecule has 0 N–H and O–H groups in total. The quantitative estimate of drug-likeness (QED) is 0.426. The van der Waals surface area contributed by atoms with E-state index in [1.165, 1.54) is 0 Å². The fourth-order valence-electron chi connectivity index (χ4n) is 0.745. The third-order valence-electron chi connectivity index (χ3n) is 1.64. The van der Waals surface area contributed by atoms with E-state index in [0.29, 0.717) is 5.50 Å². The molecule has 14 heavy (non-hydrogen) atoms. The minimum absolute atomic E-state index is 0.637. The van der Waals surface area contributed by atoms with Crippen molar-refractivity contribution in [2.45, 2.75) is 13.1 Å². The predicted octanol–water partition coefficient (Wildman–Crippen LogP) is 3.05. The van der Waals surface area contributed by atoms with Crippen molar-refractivity contribution in [2.75, 3.05) is 5.50 Å². The molecule has 0 aliphatic heterocycles. The zero-order valence-corrected chi connectivity index (χ0v) is 10.1. The summed E-state index contributed by atoms with van der Waals surface area (Å²) in [5, 5.41) is 0. The summed E-state index contributed by atoms with van der Waals surface area (Å²) in [6.45, 7) is 4.22. The van der Waals surface area contributed by atoms with Crippen molar-refractivity contribution in [3.63, 3.8) is 0 Å². The maximum Gasteiger partial charge on any atom is 0.151 e. The summed E-state index contributed by atoms with van der Waals surface area (Å²) in [5.41, 5.74) is 3.73. The van der Waals surface area contributed by atoms with E-state index in [1.807, 2.05) is 30.3 Å². The smallest absolute Gasteiger partial charge is 0.151 e. The second-order valence-electron chi connectivity index (χ2n) is 3.66. The number of hydrogen-bond donors (Lipinski definition) is 0. The Hall–Kier alpha value is -0.913. The molecule has 3 heteroatoms. The van der Waals surface area contributed by atoms with Gasteiger partial charge < -0.3 is 4.74 Å². The zero-order valence-electron chi connectivity index (χ0n) is 8.38. The first-order chi connectivity index (χ1) is 6.64. The molecule has 1 aromatic carbocycles. The molecule has 0 unspecified atom stereocenters. The van der Waals surface area contributed by atoms with Crippen molar-refractivity contribution in [1.29, 1.82) is 0 Å². The maximum atomic E-state index is 5.78. The minimum atomic E-state index is -1.55. The molecule has 0 fully saturated rings. The van der Waals surface area contributed by atoms with Gasteiger partial charge in [0.1, 0.15) is 11.9 Å². The molecule has 0 saturated carbocycles. The van der Waals surface area contributed by atoms with Gasteiger partial charge in [0.05, 0.1) is 0 Å². The fraction of sp³-hybridized carbons (Fsp3) is 0.273. The van der Waals surface area contributed by atoms with E-state index in [4.69, 9.17) is 16.3 Å². The first-order valence-electron chi connectivity index (χ1n) is 4.44. The van der Waals surface area contributed by atoms with Crippen LogP contribution in [0.15, 0.2) is 30.3 Å². The van der Waals surface area contributed by atoms with Gasteiger partial charge in [0.25, 0.3) is 0 Å². The monoisotopic (exact) mass is 224 g/mol. The highest BCUT2D eigenvalue weighted by Gasteiger charge is 2.15. The number of para-hydroxylation sites is 1. The molecule has 1 nitrogen and oxygen atoms in total. The first-order valence-corrected chi connectivity index (χ1v) is 8.18. The van der Waals surface area contributed by atoms with Gasteiger partial charge in [-0.15, -0.1) is 11.6 Å². The van der Waals surface area contributed by atoms with Crippen molar-refractivity contribution >= 4 is 19.7 Å². The molecule has 0 amide bonds. The number of halogens is 1. The van der Waals surface area contributed by atoms with Crippen LogP contribution >= 0.6 is 11.6 Å². The van der Waals surface area contributed by atoms with E-state index in [9.17, 15) is 0 Å². The Balaban J connectivity index is 2.56. The lowest BCUT2D eigenvalue weighted by Gasteiger charge is -2.07. The largest absolute Gasteiger partial charge is 0.408 e. The molecule has 0 aliphatic rings.